The largest absolute Gasteiger partial charge is 0.496 e. The van der Waals surface area contributed by atoms with E-state index in [9.17, 15) is 0 Å². The second-order valence-electron chi connectivity index (χ2n) is 5.17. The summed E-state index contributed by atoms with van der Waals surface area (Å²) in [6.07, 6.45) is 0.956. The third-order valence-corrected chi connectivity index (χ3v) is 4.51. The molecule has 1 heterocycles. The highest BCUT2D eigenvalue weighted by Gasteiger charge is 2.15. The molecule has 0 amide bonds. The van der Waals surface area contributed by atoms with E-state index in [1.165, 1.54) is 17.5 Å². The van der Waals surface area contributed by atoms with Crippen molar-refractivity contribution in [3.05, 3.63) is 35.9 Å². The maximum Gasteiger partial charge on any atom is 0.191 e. The zero-order valence-electron chi connectivity index (χ0n) is 13.8. The number of methoxy groups -OCH3 is 2. The molecule has 122 valence electrons. The monoisotopic (exact) mass is 340 g/mol. The van der Waals surface area contributed by atoms with E-state index >= 15 is 0 Å². The van der Waals surface area contributed by atoms with Crippen molar-refractivity contribution in [3.8, 4) is 11.5 Å². The van der Waals surface area contributed by atoms with Crippen LogP contribution in [0.3, 0.4) is 0 Å². The van der Waals surface area contributed by atoms with Gasteiger partial charge in [0.1, 0.15) is 24.7 Å². The lowest BCUT2D eigenvalue weighted by atomic mass is 9.95. The average Bonchev–Trinajstić information content (AvgIpc) is 3.01. The van der Waals surface area contributed by atoms with Crippen LogP contribution in [0.25, 0.3) is 11.0 Å². The lowest BCUT2D eigenvalue weighted by Gasteiger charge is -2.10. The lowest BCUT2D eigenvalue weighted by molar-refractivity contribution is 0.404. The van der Waals surface area contributed by atoms with E-state index in [1.54, 1.807) is 26.4 Å². The Balaban J connectivity index is 1.91. The maximum absolute atomic E-state index is 5.83. The Morgan fingerprint density at radius 1 is 1.17 bits per heavy atom. The van der Waals surface area contributed by atoms with Gasteiger partial charge in [-0.15, -0.1) is 0 Å². The lowest BCUT2D eigenvalue weighted by Crippen LogP contribution is -2.02. The molecule has 0 atom stereocenters. The van der Waals surface area contributed by atoms with Crippen molar-refractivity contribution >= 4 is 42.0 Å². The zero-order chi connectivity index (χ0) is 17.1. The first-order valence-electron chi connectivity index (χ1n) is 7.49. The first-order valence-corrected chi connectivity index (χ1v) is 8.30. The minimum Gasteiger partial charge on any atom is -0.496 e. The number of nitrogens with one attached hydrogen (secondary N) is 1. The number of ether oxygens (including phenoxy) is 2. The number of nitrogens with zero attached hydrogens (tertiary/aromatic N) is 1. The molecule has 0 aliphatic rings. The second-order valence-corrected chi connectivity index (χ2v) is 6.02. The van der Waals surface area contributed by atoms with Crippen molar-refractivity contribution < 1.29 is 14.0 Å². The van der Waals surface area contributed by atoms with Crippen molar-refractivity contribution in [2.45, 2.75) is 18.2 Å². The van der Waals surface area contributed by atoms with Gasteiger partial charge >= 0.3 is 0 Å². The van der Waals surface area contributed by atoms with Crippen LogP contribution >= 0.6 is 11.9 Å². The summed E-state index contributed by atoms with van der Waals surface area (Å²) in [7, 11) is 9.08. The second kappa shape index (κ2) is 7.09. The molecule has 3 aromatic rings. The molecule has 0 saturated heterocycles. The van der Waals surface area contributed by atoms with Crippen LogP contribution in [0.2, 0.25) is 0 Å². The summed E-state index contributed by atoms with van der Waals surface area (Å²) in [5.41, 5.74) is 2.37. The standard InChI is InChI=1S/C17H17BN2O3S/c1-4-10-5-6-12(21-2)15(7-10)24-20-17-16-13(22-3)8-11(18)9-14(16)23-19-17/h5-9H,4H2,1-3H3,(H,19,20). The molecule has 0 fully saturated rings. The summed E-state index contributed by atoms with van der Waals surface area (Å²) < 4.78 is 19.4. The molecule has 3 rings (SSSR count). The van der Waals surface area contributed by atoms with Crippen molar-refractivity contribution in [2.75, 3.05) is 18.9 Å². The minimum atomic E-state index is 0.562. The minimum absolute atomic E-state index is 0.562. The van der Waals surface area contributed by atoms with E-state index in [1.807, 2.05) is 6.07 Å². The highest BCUT2D eigenvalue weighted by molar-refractivity contribution is 8.00. The molecule has 0 unspecified atom stereocenters. The van der Waals surface area contributed by atoms with Crippen LogP contribution in [-0.4, -0.2) is 27.2 Å². The Bertz CT molecular complexity index is 866. The third-order valence-electron chi connectivity index (χ3n) is 3.67. The summed E-state index contributed by atoms with van der Waals surface area (Å²) >= 11 is 1.41. The van der Waals surface area contributed by atoms with Gasteiger partial charge in [-0.1, -0.05) is 23.6 Å². The van der Waals surface area contributed by atoms with Gasteiger partial charge in [-0.3, -0.25) is 0 Å². The molecule has 0 spiro atoms. The van der Waals surface area contributed by atoms with E-state index in [0.717, 1.165) is 22.5 Å². The molecular weight excluding hydrogens is 323 g/mol. The van der Waals surface area contributed by atoms with Crippen molar-refractivity contribution in [1.29, 1.82) is 0 Å². The molecule has 0 bridgehead atoms. The molecule has 0 saturated carbocycles. The zero-order valence-corrected chi connectivity index (χ0v) is 14.6. The topological polar surface area (TPSA) is 56.5 Å². The highest BCUT2D eigenvalue weighted by Crippen LogP contribution is 2.36. The van der Waals surface area contributed by atoms with Gasteiger partial charge in [0.2, 0.25) is 0 Å². The average molecular weight is 340 g/mol. The number of fused-ring (bicyclic) bond motifs is 1. The molecule has 5 nitrogen and oxygen atoms in total. The molecule has 0 aliphatic carbocycles. The van der Waals surface area contributed by atoms with Gasteiger partial charge in [0.05, 0.1) is 19.1 Å². The summed E-state index contributed by atoms with van der Waals surface area (Å²) in [6, 6.07) is 9.58. The van der Waals surface area contributed by atoms with E-state index in [2.05, 4.69) is 28.9 Å². The molecular formula is C17H17BN2O3S. The van der Waals surface area contributed by atoms with Gasteiger partial charge in [-0.25, -0.2) is 0 Å². The van der Waals surface area contributed by atoms with E-state index in [4.69, 9.17) is 21.8 Å². The first-order chi connectivity index (χ1) is 11.7. The molecule has 2 radical (unpaired) electrons. The highest BCUT2D eigenvalue weighted by atomic mass is 32.2. The fraction of sp³-hybridized carbons (Fsp3) is 0.235. The summed E-state index contributed by atoms with van der Waals surface area (Å²) in [6.45, 7) is 2.12. The Kier molecular flexibility index (Phi) is 4.90. The summed E-state index contributed by atoms with van der Waals surface area (Å²) in [4.78, 5) is 0.974. The Morgan fingerprint density at radius 2 is 1.96 bits per heavy atom. The van der Waals surface area contributed by atoms with Crippen LogP contribution in [0.5, 0.6) is 11.5 Å². The molecule has 7 heteroatoms. The van der Waals surface area contributed by atoms with Crippen LogP contribution in [0.15, 0.2) is 39.8 Å². The first kappa shape index (κ1) is 16.6. The fourth-order valence-corrected chi connectivity index (χ4v) is 3.22. The van der Waals surface area contributed by atoms with Crippen LogP contribution < -0.4 is 19.7 Å². The van der Waals surface area contributed by atoms with E-state index < -0.39 is 0 Å². The quantitative estimate of drug-likeness (QED) is 0.549. The molecule has 1 aromatic heterocycles. The van der Waals surface area contributed by atoms with Gasteiger partial charge in [-0.05, 0) is 48.2 Å². The number of aromatic nitrogens is 1. The Labute approximate surface area is 146 Å². The van der Waals surface area contributed by atoms with E-state index in [0.29, 0.717) is 22.6 Å². The Morgan fingerprint density at radius 3 is 2.67 bits per heavy atom. The van der Waals surface area contributed by atoms with E-state index in [-0.39, 0.29) is 0 Å². The van der Waals surface area contributed by atoms with Crippen LogP contribution in [0.1, 0.15) is 12.5 Å². The SMILES string of the molecule is [B]c1cc(OC)c2c(NSc3cc(CC)ccc3OC)noc2c1. The molecule has 0 aliphatic heterocycles. The van der Waals surface area contributed by atoms with Gasteiger partial charge in [0.25, 0.3) is 0 Å². The predicted molar refractivity (Wildman–Crippen MR) is 97.8 cm³/mol. The predicted octanol–water partition coefficient (Wildman–Crippen LogP) is 3.32. The van der Waals surface area contributed by atoms with Gasteiger partial charge in [0.15, 0.2) is 11.4 Å². The number of aryl methyl sites for hydroxylation is 1. The molecule has 2 aromatic carbocycles. The Hall–Kier alpha value is -2.28. The van der Waals surface area contributed by atoms with Crippen LogP contribution in [0, 0.1) is 0 Å². The summed E-state index contributed by atoms with van der Waals surface area (Å²) in [5.74, 6) is 1.99. The van der Waals surface area contributed by atoms with Crippen molar-refractivity contribution in [1.82, 2.24) is 5.16 Å². The van der Waals surface area contributed by atoms with Crippen molar-refractivity contribution in [2.24, 2.45) is 0 Å². The third kappa shape index (κ3) is 3.17. The fourth-order valence-electron chi connectivity index (χ4n) is 2.41. The smallest absolute Gasteiger partial charge is 0.191 e. The number of anilines is 1. The van der Waals surface area contributed by atoms with Crippen LogP contribution in [-0.2, 0) is 6.42 Å². The maximum atomic E-state index is 5.83. The van der Waals surface area contributed by atoms with Crippen molar-refractivity contribution in [3.63, 3.8) is 0 Å². The molecule has 1 N–H and O–H groups in total. The molecule has 24 heavy (non-hydrogen) atoms. The number of rotatable bonds is 6. The van der Waals surface area contributed by atoms with Gasteiger partial charge < -0.3 is 18.7 Å². The van der Waals surface area contributed by atoms with Crippen LogP contribution in [0.4, 0.5) is 5.82 Å². The number of hydrogen-bond acceptors (Lipinski definition) is 6. The normalized spacial score (nSPS) is 10.8. The summed E-state index contributed by atoms with van der Waals surface area (Å²) in [5, 5.41) is 4.83. The van der Waals surface area contributed by atoms with Gasteiger partial charge in [-0.2, -0.15) is 0 Å². The number of hydrogen-bond donors (Lipinski definition) is 1. The van der Waals surface area contributed by atoms with Gasteiger partial charge in [0, 0.05) is 0 Å². The number of benzene rings is 2.